The molecule has 2 rings (SSSR count). The quantitative estimate of drug-likeness (QED) is 0.446. The molecule has 0 aliphatic rings. The first-order valence-electron chi connectivity index (χ1n) is 8.10. The van der Waals surface area contributed by atoms with Crippen LogP contribution >= 0.6 is 0 Å². The van der Waals surface area contributed by atoms with Crippen molar-refractivity contribution in [3.05, 3.63) is 65.0 Å². The van der Waals surface area contributed by atoms with E-state index in [0.717, 1.165) is 24.0 Å². The molecule has 0 bridgehead atoms. The zero-order chi connectivity index (χ0) is 20.9. The fourth-order valence-corrected chi connectivity index (χ4v) is 3.04. The largest absolute Gasteiger partial charge is 0.416 e. The topological polar surface area (TPSA) is 70.6 Å². The van der Waals surface area contributed by atoms with E-state index in [1.165, 1.54) is 19.2 Å². The third kappa shape index (κ3) is 5.95. The number of hydrogen-bond donors (Lipinski definition) is 2. The molecular formula is C18H19F4N3O2S. The lowest BCUT2D eigenvalue weighted by Crippen LogP contribution is -2.36. The Bertz CT molecular complexity index is 956. The molecule has 0 unspecified atom stereocenters. The SMILES string of the molecule is CN=C(NCc1ccc(S(C)(=O)=O)cc1)NCc1ccc(F)cc1C(F)(F)F. The Morgan fingerprint density at radius 3 is 2.18 bits per heavy atom. The van der Waals surface area contributed by atoms with Crippen LogP contribution in [0.25, 0.3) is 0 Å². The molecule has 0 aliphatic carbocycles. The van der Waals surface area contributed by atoms with Gasteiger partial charge in [-0.15, -0.1) is 0 Å². The number of rotatable bonds is 5. The minimum atomic E-state index is -4.67. The first-order valence-corrected chi connectivity index (χ1v) is 9.99. The standard InChI is InChI=1S/C18H19F4N3O2S/c1-23-17(24-10-12-3-7-15(8-4-12)28(2,26)27)25-11-13-5-6-14(19)9-16(13)18(20,21)22/h3-9H,10-11H2,1-2H3,(H2,23,24,25). The summed E-state index contributed by atoms with van der Waals surface area (Å²) < 4.78 is 75.2. The monoisotopic (exact) mass is 417 g/mol. The summed E-state index contributed by atoms with van der Waals surface area (Å²) in [6, 6.07) is 8.68. The molecule has 10 heteroatoms. The van der Waals surface area contributed by atoms with Gasteiger partial charge in [0.15, 0.2) is 15.8 Å². The molecule has 2 aromatic carbocycles. The van der Waals surface area contributed by atoms with Crippen LogP contribution in [0.5, 0.6) is 0 Å². The van der Waals surface area contributed by atoms with Gasteiger partial charge < -0.3 is 10.6 Å². The predicted molar refractivity (Wildman–Crippen MR) is 98.0 cm³/mol. The Kier molecular flexibility index (Phi) is 6.65. The Morgan fingerprint density at radius 1 is 1.04 bits per heavy atom. The molecule has 0 heterocycles. The lowest BCUT2D eigenvalue weighted by atomic mass is 10.1. The third-order valence-corrected chi connectivity index (χ3v) is 4.99. The van der Waals surface area contributed by atoms with E-state index < -0.39 is 27.4 Å². The van der Waals surface area contributed by atoms with Crippen LogP contribution in [0.15, 0.2) is 52.4 Å². The molecule has 0 spiro atoms. The molecule has 28 heavy (non-hydrogen) atoms. The van der Waals surface area contributed by atoms with Gasteiger partial charge in [0, 0.05) is 26.4 Å². The van der Waals surface area contributed by atoms with E-state index in [4.69, 9.17) is 0 Å². The number of alkyl halides is 3. The summed E-state index contributed by atoms with van der Waals surface area (Å²) >= 11 is 0. The number of guanidine groups is 1. The van der Waals surface area contributed by atoms with Crippen molar-refractivity contribution >= 4 is 15.8 Å². The van der Waals surface area contributed by atoms with E-state index >= 15 is 0 Å². The van der Waals surface area contributed by atoms with Crippen molar-refractivity contribution in [3.8, 4) is 0 Å². The highest BCUT2D eigenvalue weighted by molar-refractivity contribution is 7.90. The van der Waals surface area contributed by atoms with Gasteiger partial charge >= 0.3 is 6.18 Å². The Hall–Kier alpha value is -2.62. The minimum Gasteiger partial charge on any atom is -0.352 e. The molecule has 0 saturated carbocycles. The smallest absolute Gasteiger partial charge is 0.352 e. The van der Waals surface area contributed by atoms with Crippen LogP contribution in [0.3, 0.4) is 0 Å². The lowest BCUT2D eigenvalue weighted by Gasteiger charge is -2.16. The van der Waals surface area contributed by atoms with Crippen LogP contribution in [0.2, 0.25) is 0 Å². The zero-order valence-electron chi connectivity index (χ0n) is 15.1. The fraction of sp³-hybridized carbons (Fsp3) is 0.278. The second-order valence-corrected chi connectivity index (χ2v) is 8.01. The lowest BCUT2D eigenvalue weighted by molar-refractivity contribution is -0.138. The van der Waals surface area contributed by atoms with Crippen molar-refractivity contribution in [2.45, 2.75) is 24.2 Å². The van der Waals surface area contributed by atoms with Gasteiger partial charge in [-0.05, 0) is 35.4 Å². The maximum absolute atomic E-state index is 13.2. The molecular weight excluding hydrogens is 398 g/mol. The van der Waals surface area contributed by atoms with E-state index in [1.807, 2.05) is 0 Å². The highest BCUT2D eigenvalue weighted by Gasteiger charge is 2.33. The number of aliphatic imine (C=N–C) groups is 1. The average Bonchev–Trinajstić information content (AvgIpc) is 2.61. The van der Waals surface area contributed by atoms with Gasteiger partial charge in [-0.2, -0.15) is 13.2 Å². The Balaban J connectivity index is 2.01. The van der Waals surface area contributed by atoms with Crippen LogP contribution in [-0.2, 0) is 29.1 Å². The van der Waals surface area contributed by atoms with Crippen LogP contribution in [0, 0.1) is 5.82 Å². The number of halogens is 4. The van der Waals surface area contributed by atoms with Gasteiger partial charge in [0.1, 0.15) is 5.82 Å². The molecule has 2 N–H and O–H groups in total. The number of benzene rings is 2. The summed E-state index contributed by atoms with van der Waals surface area (Å²) in [5.74, 6) is -0.722. The molecule has 0 radical (unpaired) electrons. The molecule has 0 fully saturated rings. The van der Waals surface area contributed by atoms with Crippen molar-refractivity contribution in [3.63, 3.8) is 0 Å². The number of sulfone groups is 1. The average molecular weight is 417 g/mol. The second kappa shape index (κ2) is 8.59. The maximum Gasteiger partial charge on any atom is 0.416 e. The van der Waals surface area contributed by atoms with Crippen LogP contribution in [-0.4, -0.2) is 27.7 Å². The number of nitrogens with zero attached hydrogens (tertiary/aromatic N) is 1. The first kappa shape index (κ1) is 21.7. The zero-order valence-corrected chi connectivity index (χ0v) is 16.0. The Labute approximate surface area is 160 Å². The maximum atomic E-state index is 13.2. The van der Waals surface area contributed by atoms with Crippen molar-refractivity contribution < 1.29 is 26.0 Å². The summed E-state index contributed by atoms with van der Waals surface area (Å²) in [5.41, 5.74) is -0.408. The van der Waals surface area contributed by atoms with Crippen LogP contribution in [0.1, 0.15) is 16.7 Å². The van der Waals surface area contributed by atoms with Crippen molar-refractivity contribution in [2.75, 3.05) is 13.3 Å². The minimum absolute atomic E-state index is 0.116. The molecule has 2 aromatic rings. The van der Waals surface area contributed by atoms with Gasteiger partial charge in [0.25, 0.3) is 0 Å². The summed E-state index contributed by atoms with van der Waals surface area (Å²) in [4.78, 5) is 4.12. The van der Waals surface area contributed by atoms with E-state index in [2.05, 4.69) is 15.6 Å². The fourth-order valence-electron chi connectivity index (χ4n) is 2.41. The van der Waals surface area contributed by atoms with E-state index in [0.29, 0.717) is 6.07 Å². The summed E-state index contributed by atoms with van der Waals surface area (Å²) in [6.07, 6.45) is -3.56. The van der Waals surface area contributed by atoms with Crippen molar-refractivity contribution in [1.29, 1.82) is 0 Å². The molecule has 0 aliphatic heterocycles. The summed E-state index contributed by atoms with van der Waals surface area (Å²) in [7, 11) is -1.83. The van der Waals surface area contributed by atoms with Gasteiger partial charge in [-0.3, -0.25) is 4.99 Å². The van der Waals surface area contributed by atoms with Crippen LogP contribution < -0.4 is 10.6 Å². The molecule has 5 nitrogen and oxygen atoms in total. The van der Waals surface area contributed by atoms with E-state index in [9.17, 15) is 26.0 Å². The molecule has 0 atom stereocenters. The Morgan fingerprint density at radius 2 is 1.64 bits per heavy atom. The number of nitrogens with one attached hydrogen (secondary N) is 2. The highest BCUT2D eigenvalue weighted by atomic mass is 32.2. The number of hydrogen-bond acceptors (Lipinski definition) is 3. The summed E-state index contributed by atoms with van der Waals surface area (Å²) in [5, 5.41) is 5.66. The normalized spacial score (nSPS) is 12.7. The van der Waals surface area contributed by atoms with Crippen molar-refractivity contribution in [2.24, 2.45) is 4.99 Å². The molecule has 0 saturated heterocycles. The molecule has 152 valence electrons. The predicted octanol–water partition coefficient (Wildman–Crippen LogP) is 3.11. The molecule has 0 amide bonds. The van der Waals surface area contributed by atoms with Gasteiger partial charge in [0.05, 0.1) is 10.5 Å². The van der Waals surface area contributed by atoms with Crippen LogP contribution in [0.4, 0.5) is 17.6 Å². The first-order chi connectivity index (χ1) is 13.0. The summed E-state index contributed by atoms with van der Waals surface area (Å²) in [6.45, 7) is 0.0705. The second-order valence-electron chi connectivity index (χ2n) is 5.99. The highest BCUT2D eigenvalue weighted by Crippen LogP contribution is 2.32. The van der Waals surface area contributed by atoms with E-state index in [-0.39, 0.29) is 29.5 Å². The third-order valence-electron chi connectivity index (χ3n) is 3.86. The van der Waals surface area contributed by atoms with Gasteiger partial charge in [-0.1, -0.05) is 18.2 Å². The van der Waals surface area contributed by atoms with Gasteiger partial charge in [-0.25, -0.2) is 12.8 Å². The molecule has 0 aromatic heterocycles. The van der Waals surface area contributed by atoms with Crippen molar-refractivity contribution in [1.82, 2.24) is 10.6 Å². The van der Waals surface area contributed by atoms with Gasteiger partial charge in [0.2, 0.25) is 0 Å². The van der Waals surface area contributed by atoms with E-state index in [1.54, 1.807) is 12.1 Å².